The zero-order valence-electron chi connectivity index (χ0n) is 11.5. The number of aliphatic carboxylic acids is 1. The first-order valence-electron chi connectivity index (χ1n) is 6.07. The molecule has 3 N–H and O–H groups in total. The van der Waals surface area contributed by atoms with Gasteiger partial charge in [0, 0.05) is 11.3 Å². The van der Waals surface area contributed by atoms with E-state index in [1.807, 2.05) is 0 Å². The molecule has 110 valence electrons. The third kappa shape index (κ3) is 4.96. The number of nitrogens with one attached hydrogen (secondary N) is 2. The van der Waals surface area contributed by atoms with Crippen molar-refractivity contribution in [2.24, 2.45) is 5.92 Å². The van der Waals surface area contributed by atoms with Crippen molar-refractivity contribution in [3.05, 3.63) is 11.1 Å². The Labute approximate surface area is 120 Å². The second-order valence-electron chi connectivity index (χ2n) is 4.59. The summed E-state index contributed by atoms with van der Waals surface area (Å²) < 4.78 is 0. The minimum atomic E-state index is -1.10. The van der Waals surface area contributed by atoms with Gasteiger partial charge in [-0.25, -0.2) is 4.98 Å². The summed E-state index contributed by atoms with van der Waals surface area (Å²) in [6, 6.07) is -0.943. The number of carboxylic acids is 1. The molecule has 0 bridgehead atoms. The van der Waals surface area contributed by atoms with E-state index < -0.39 is 17.9 Å². The lowest BCUT2D eigenvalue weighted by molar-refractivity contribution is -0.141. The Kier molecular flexibility index (Phi) is 5.63. The van der Waals surface area contributed by atoms with Gasteiger partial charge in [0.2, 0.25) is 11.8 Å². The number of hydrogen-bond acceptors (Lipinski definition) is 5. The lowest BCUT2D eigenvalue weighted by Crippen LogP contribution is -2.39. The highest BCUT2D eigenvalue weighted by molar-refractivity contribution is 7.13. The lowest BCUT2D eigenvalue weighted by atomic mass is 10.2. The fourth-order valence-corrected chi connectivity index (χ4v) is 1.93. The van der Waals surface area contributed by atoms with Crippen molar-refractivity contribution in [1.29, 1.82) is 0 Å². The molecule has 0 saturated carbocycles. The molecule has 0 aliphatic rings. The molecule has 1 atom stereocenters. The second-order valence-corrected chi connectivity index (χ2v) is 5.45. The number of rotatable bonds is 6. The van der Waals surface area contributed by atoms with Gasteiger partial charge >= 0.3 is 5.97 Å². The van der Waals surface area contributed by atoms with E-state index in [1.54, 1.807) is 19.2 Å². The highest BCUT2D eigenvalue weighted by atomic mass is 32.1. The SMILES string of the molecule is CC(C)C(=O)Nc1nc(CC(=O)N[C@@H](C)C(=O)O)cs1. The number of carboxylic acid groups (broad SMARTS) is 1. The molecule has 7 nitrogen and oxygen atoms in total. The highest BCUT2D eigenvalue weighted by Gasteiger charge is 2.16. The van der Waals surface area contributed by atoms with Gasteiger partial charge in [0.1, 0.15) is 6.04 Å². The number of carbonyl (C=O) groups is 3. The van der Waals surface area contributed by atoms with Crippen molar-refractivity contribution in [2.45, 2.75) is 33.2 Å². The van der Waals surface area contributed by atoms with Crippen LogP contribution in [-0.2, 0) is 20.8 Å². The van der Waals surface area contributed by atoms with Crippen LogP contribution in [0.3, 0.4) is 0 Å². The molecule has 0 radical (unpaired) electrons. The normalized spacial score (nSPS) is 12.0. The molecule has 1 rings (SSSR count). The molecule has 20 heavy (non-hydrogen) atoms. The predicted molar refractivity (Wildman–Crippen MR) is 74.5 cm³/mol. The number of aromatic nitrogens is 1. The lowest BCUT2D eigenvalue weighted by Gasteiger charge is -2.07. The summed E-state index contributed by atoms with van der Waals surface area (Å²) in [6.45, 7) is 4.92. The maximum Gasteiger partial charge on any atom is 0.325 e. The van der Waals surface area contributed by atoms with Crippen molar-refractivity contribution in [1.82, 2.24) is 10.3 Å². The molecule has 8 heteroatoms. The Balaban J connectivity index is 2.54. The van der Waals surface area contributed by atoms with Crippen LogP contribution < -0.4 is 10.6 Å². The van der Waals surface area contributed by atoms with Crippen LogP contribution in [0.15, 0.2) is 5.38 Å². The average molecular weight is 299 g/mol. The molecule has 2 amide bonds. The van der Waals surface area contributed by atoms with Crippen LogP contribution in [0.4, 0.5) is 5.13 Å². The maximum atomic E-state index is 11.6. The first kappa shape index (κ1) is 16.1. The molecule has 1 aromatic rings. The Morgan fingerprint density at radius 1 is 1.35 bits per heavy atom. The van der Waals surface area contributed by atoms with Crippen LogP contribution in [0, 0.1) is 5.92 Å². The van der Waals surface area contributed by atoms with Crippen molar-refractivity contribution in [2.75, 3.05) is 5.32 Å². The Morgan fingerprint density at radius 2 is 2.00 bits per heavy atom. The molecule has 0 spiro atoms. The van der Waals surface area contributed by atoms with Crippen molar-refractivity contribution >= 4 is 34.3 Å². The summed E-state index contributed by atoms with van der Waals surface area (Å²) >= 11 is 1.22. The standard InChI is InChI=1S/C12H17N3O4S/c1-6(2)10(17)15-12-14-8(5-20-12)4-9(16)13-7(3)11(18)19/h5-7H,4H2,1-3H3,(H,13,16)(H,18,19)(H,14,15,17)/t7-/m0/s1. The Morgan fingerprint density at radius 3 is 2.55 bits per heavy atom. The third-order valence-corrected chi connectivity index (χ3v) is 3.20. The van der Waals surface area contributed by atoms with Gasteiger partial charge in [-0.05, 0) is 6.92 Å². The third-order valence-electron chi connectivity index (χ3n) is 2.40. The van der Waals surface area contributed by atoms with Gasteiger partial charge in [-0.2, -0.15) is 0 Å². The van der Waals surface area contributed by atoms with Crippen molar-refractivity contribution in [3.63, 3.8) is 0 Å². The summed E-state index contributed by atoms with van der Waals surface area (Å²) in [7, 11) is 0. The van der Waals surface area contributed by atoms with Crippen LogP contribution >= 0.6 is 11.3 Å². The van der Waals surface area contributed by atoms with Gasteiger partial charge in [0.05, 0.1) is 12.1 Å². The number of thiazole rings is 1. The van der Waals surface area contributed by atoms with E-state index in [-0.39, 0.29) is 18.2 Å². The monoisotopic (exact) mass is 299 g/mol. The number of nitrogens with zero attached hydrogens (tertiary/aromatic N) is 1. The average Bonchev–Trinajstić information content (AvgIpc) is 2.75. The van der Waals surface area contributed by atoms with Crippen LogP contribution in [0.25, 0.3) is 0 Å². The summed E-state index contributed by atoms with van der Waals surface area (Å²) in [4.78, 5) is 37.7. The van der Waals surface area contributed by atoms with Crippen molar-refractivity contribution in [3.8, 4) is 0 Å². The van der Waals surface area contributed by atoms with E-state index in [4.69, 9.17) is 5.11 Å². The summed E-state index contributed by atoms with van der Waals surface area (Å²) in [5, 5.41) is 15.7. The van der Waals surface area contributed by atoms with Crippen LogP contribution in [0.5, 0.6) is 0 Å². The van der Waals surface area contributed by atoms with Crippen LogP contribution in [0.1, 0.15) is 26.5 Å². The molecule has 1 aromatic heterocycles. The Hall–Kier alpha value is -1.96. The molecule has 0 saturated heterocycles. The van der Waals surface area contributed by atoms with Crippen molar-refractivity contribution < 1.29 is 19.5 Å². The number of hydrogen-bond donors (Lipinski definition) is 3. The van der Waals surface area contributed by atoms with E-state index in [9.17, 15) is 14.4 Å². The summed E-state index contributed by atoms with van der Waals surface area (Å²) in [6.07, 6.45) is -0.0222. The fourth-order valence-electron chi connectivity index (χ4n) is 1.21. The zero-order valence-corrected chi connectivity index (χ0v) is 12.3. The molecular weight excluding hydrogens is 282 g/mol. The van der Waals surface area contributed by atoms with E-state index in [2.05, 4.69) is 15.6 Å². The minimum Gasteiger partial charge on any atom is -0.480 e. The number of carbonyl (C=O) groups excluding carboxylic acids is 2. The zero-order chi connectivity index (χ0) is 15.3. The number of anilines is 1. The van der Waals surface area contributed by atoms with Crippen LogP contribution in [0.2, 0.25) is 0 Å². The van der Waals surface area contributed by atoms with E-state index in [0.717, 1.165) is 0 Å². The maximum absolute atomic E-state index is 11.6. The Bertz CT molecular complexity index is 513. The quantitative estimate of drug-likeness (QED) is 0.722. The van der Waals surface area contributed by atoms with Gasteiger partial charge in [-0.3, -0.25) is 14.4 Å². The van der Waals surface area contributed by atoms with Gasteiger partial charge in [-0.1, -0.05) is 13.8 Å². The largest absolute Gasteiger partial charge is 0.480 e. The van der Waals surface area contributed by atoms with E-state index >= 15 is 0 Å². The molecule has 1 heterocycles. The molecular formula is C12H17N3O4S. The molecule has 0 aliphatic heterocycles. The number of amides is 2. The first-order valence-corrected chi connectivity index (χ1v) is 6.95. The van der Waals surface area contributed by atoms with Gasteiger partial charge in [0.25, 0.3) is 0 Å². The first-order chi connectivity index (χ1) is 9.29. The van der Waals surface area contributed by atoms with Crippen LogP contribution in [-0.4, -0.2) is 33.9 Å². The topological polar surface area (TPSA) is 108 Å². The van der Waals surface area contributed by atoms with E-state index in [1.165, 1.54) is 18.3 Å². The smallest absolute Gasteiger partial charge is 0.325 e. The van der Waals surface area contributed by atoms with Gasteiger partial charge < -0.3 is 15.7 Å². The fraction of sp³-hybridized carbons (Fsp3) is 0.500. The molecule has 0 fully saturated rings. The summed E-state index contributed by atoms with van der Waals surface area (Å²) in [5.74, 6) is -1.81. The van der Waals surface area contributed by atoms with E-state index in [0.29, 0.717) is 10.8 Å². The molecule has 0 unspecified atom stereocenters. The van der Waals surface area contributed by atoms with Gasteiger partial charge in [0.15, 0.2) is 5.13 Å². The highest BCUT2D eigenvalue weighted by Crippen LogP contribution is 2.16. The minimum absolute atomic E-state index is 0.0222. The summed E-state index contributed by atoms with van der Waals surface area (Å²) in [5.41, 5.74) is 0.490. The predicted octanol–water partition coefficient (Wildman–Crippen LogP) is 0.869. The molecule has 0 aliphatic carbocycles. The molecule has 0 aromatic carbocycles. The van der Waals surface area contributed by atoms with Gasteiger partial charge in [-0.15, -0.1) is 11.3 Å². The second kappa shape index (κ2) is 6.99.